The smallest absolute Gasteiger partial charge is 0.0655 e. The Labute approximate surface area is 106 Å². The van der Waals surface area contributed by atoms with Crippen molar-refractivity contribution in [3.63, 3.8) is 0 Å². The average molecular weight is 237 g/mol. The van der Waals surface area contributed by atoms with E-state index >= 15 is 0 Å². The van der Waals surface area contributed by atoms with E-state index in [2.05, 4.69) is 23.6 Å². The molecule has 0 unspecified atom stereocenters. The standard InChI is InChI=1S/C12H21N3.C2H6/c1-9-7-14-12(15-8-9)11-4-2-10(6-13)3-5-11;1-2/h9-12,14-15H,2-5,7-8H2,1H3;1-2H3. The third-order valence-corrected chi connectivity index (χ3v) is 3.80. The number of hydrogen-bond donors (Lipinski definition) is 2. The zero-order valence-corrected chi connectivity index (χ0v) is 11.5. The minimum Gasteiger partial charge on any atom is -0.301 e. The molecular formula is C14H27N3. The fourth-order valence-electron chi connectivity index (χ4n) is 2.72. The quantitative estimate of drug-likeness (QED) is 0.736. The van der Waals surface area contributed by atoms with Gasteiger partial charge in [0.25, 0.3) is 0 Å². The van der Waals surface area contributed by atoms with Crippen LogP contribution in [0, 0.1) is 29.1 Å². The molecule has 0 aromatic carbocycles. The molecule has 2 aliphatic rings. The highest BCUT2D eigenvalue weighted by molar-refractivity contribution is 4.90. The minimum absolute atomic E-state index is 0.323. The molecule has 1 saturated carbocycles. The summed E-state index contributed by atoms with van der Waals surface area (Å²) in [6.07, 6.45) is 5.10. The molecule has 0 radical (unpaired) electrons. The van der Waals surface area contributed by atoms with Gasteiger partial charge in [-0.1, -0.05) is 20.8 Å². The summed E-state index contributed by atoms with van der Waals surface area (Å²) in [6.45, 7) is 8.54. The van der Waals surface area contributed by atoms with Crippen molar-refractivity contribution in [2.45, 2.75) is 52.6 Å². The summed E-state index contributed by atoms with van der Waals surface area (Å²) in [5.74, 6) is 1.81. The van der Waals surface area contributed by atoms with E-state index in [1.165, 1.54) is 12.8 Å². The van der Waals surface area contributed by atoms with Gasteiger partial charge in [0.1, 0.15) is 0 Å². The highest BCUT2D eigenvalue weighted by Crippen LogP contribution is 2.30. The van der Waals surface area contributed by atoms with Gasteiger partial charge in [-0.15, -0.1) is 0 Å². The van der Waals surface area contributed by atoms with E-state index in [1.54, 1.807) is 0 Å². The Morgan fingerprint density at radius 1 is 1.00 bits per heavy atom. The molecule has 98 valence electrons. The summed E-state index contributed by atoms with van der Waals surface area (Å²) in [4.78, 5) is 0. The molecule has 1 aliphatic carbocycles. The Morgan fingerprint density at radius 3 is 2.00 bits per heavy atom. The van der Waals surface area contributed by atoms with Crippen LogP contribution in [0.3, 0.4) is 0 Å². The maximum absolute atomic E-state index is 8.84. The lowest BCUT2D eigenvalue weighted by atomic mass is 9.80. The van der Waals surface area contributed by atoms with Crippen molar-refractivity contribution in [1.29, 1.82) is 5.26 Å². The highest BCUT2D eigenvalue weighted by atomic mass is 15.2. The first-order chi connectivity index (χ1) is 8.29. The summed E-state index contributed by atoms with van der Waals surface area (Å²) in [5, 5.41) is 16.0. The van der Waals surface area contributed by atoms with Gasteiger partial charge in [-0.3, -0.25) is 0 Å². The molecule has 1 saturated heterocycles. The highest BCUT2D eigenvalue weighted by Gasteiger charge is 2.29. The van der Waals surface area contributed by atoms with Crippen molar-refractivity contribution in [3.8, 4) is 6.07 Å². The second-order valence-electron chi connectivity index (χ2n) is 5.14. The summed E-state index contributed by atoms with van der Waals surface area (Å²) < 4.78 is 0. The van der Waals surface area contributed by atoms with E-state index in [4.69, 9.17) is 5.26 Å². The third kappa shape index (κ3) is 4.29. The Hall–Kier alpha value is -0.590. The van der Waals surface area contributed by atoms with Crippen LogP contribution in [0.5, 0.6) is 0 Å². The summed E-state index contributed by atoms with van der Waals surface area (Å²) >= 11 is 0. The lowest BCUT2D eigenvalue weighted by molar-refractivity contribution is 0.181. The molecule has 1 heterocycles. The molecule has 2 fully saturated rings. The maximum atomic E-state index is 8.84. The van der Waals surface area contributed by atoms with E-state index < -0.39 is 0 Å². The fourth-order valence-corrected chi connectivity index (χ4v) is 2.72. The molecule has 2 rings (SSSR count). The second kappa shape index (κ2) is 7.68. The van der Waals surface area contributed by atoms with Gasteiger partial charge in [-0.25, -0.2) is 0 Å². The monoisotopic (exact) mass is 237 g/mol. The van der Waals surface area contributed by atoms with Gasteiger partial charge >= 0.3 is 0 Å². The molecule has 0 spiro atoms. The summed E-state index contributed by atoms with van der Waals surface area (Å²) in [6, 6.07) is 2.39. The first-order valence-corrected chi connectivity index (χ1v) is 7.16. The predicted molar refractivity (Wildman–Crippen MR) is 71.4 cm³/mol. The number of rotatable bonds is 1. The Balaban J connectivity index is 0.000000686. The molecule has 3 heteroatoms. The number of hydrogen-bond acceptors (Lipinski definition) is 3. The Kier molecular flexibility index (Phi) is 6.54. The Morgan fingerprint density at radius 2 is 1.53 bits per heavy atom. The van der Waals surface area contributed by atoms with Crippen LogP contribution in [0.1, 0.15) is 46.5 Å². The number of nitrogens with one attached hydrogen (secondary N) is 2. The molecule has 0 amide bonds. The zero-order valence-electron chi connectivity index (χ0n) is 11.5. The van der Waals surface area contributed by atoms with Gasteiger partial charge in [-0.2, -0.15) is 5.26 Å². The molecule has 0 atom stereocenters. The third-order valence-electron chi connectivity index (χ3n) is 3.80. The van der Waals surface area contributed by atoms with Gasteiger partial charge < -0.3 is 10.6 Å². The molecule has 0 aromatic rings. The SMILES string of the molecule is CC.CC1CNC(C2CCC(C#N)CC2)NC1. The van der Waals surface area contributed by atoms with Gasteiger partial charge in [-0.05, 0) is 37.5 Å². The maximum Gasteiger partial charge on any atom is 0.0655 e. The molecule has 17 heavy (non-hydrogen) atoms. The predicted octanol–water partition coefficient (Wildman–Crippen LogP) is 2.50. The summed E-state index contributed by atoms with van der Waals surface area (Å²) in [5.41, 5.74) is 0. The topological polar surface area (TPSA) is 47.9 Å². The van der Waals surface area contributed by atoms with Gasteiger partial charge in [0.05, 0.1) is 12.2 Å². The van der Waals surface area contributed by atoms with E-state index in [1.807, 2.05) is 13.8 Å². The molecular weight excluding hydrogens is 210 g/mol. The number of nitrogens with zero attached hydrogens (tertiary/aromatic N) is 1. The van der Waals surface area contributed by atoms with Gasteiger partial charge in [0, 0.05) is 19.0 Å². The zero-order chi connectivity index (χ0) is 12.7. The molecule has 3 nitrogen and oxygen atoms in total. The normalized spacial score (nSPS) is 37.5. The van der Waals surface area contributed by atoms with Crippen molar-refractivity contribution in [2.24, 2.45) is 17.8 Å². The van der Waals surface area contributed by atoms with Gasteiger partial charge in [0.2, 0.25) is 0 Å². The minimum atomic E-state index is 0.323. The van der Waals surface area contributed by atoms with Crippen molar-refractivity contribution < 1.29 is 0 Å². The van der Waals surface area contributed by atoms with E-state index in [0.717, 1.165) is 37.8 Å². The second-order valence-corrected chi connectivity index (χ2v) is 5.14. The van der Waals surface area contributed by atoms with Gasteiger partial charge in [0.15, 0.2) is 0 Å². The van der Waals surface area contributed by atoms with Crippen molar-refractivity contribution in [1.82, 2.24) is 10.6 Å². The lowest BCUT2D eigenvalue weighted by Crippen LogP contribution is -2.56. The first-order valence-electron chi connectivity index (χ1n) is 7.16. The molecule has 0 aromatic heterocycles. The van der Waals surface area contributed by atoms with Crippen LogP contribution in [0.25, 0.3) is 0 Å². The molecule has 1 aliphatic heterocycles. The largest absolute Gasteiger partial charge is 0.301 e. The van der Waals surface area contributed by atoms with E-state index in [0.29, 0.717) is 12.1 Å². The Bertz CT molecular complexity index is 230. The first kappa shape index (κ1) is 14.5. The lowest BCUT2D eigenvalue weighted by Gasteiger charge is -2.37. The van der Waals surface area contributed by atoms with Crippen molar-refractivity contribution >= 4 is 0 Å². The van der Waals surface area contributed by atoms with Crippen LogP contribution in [-0.4, -0.2) is 19.3 Å². The average Bonchev–Trinajstić information content (AvgIpc) is 2.42. The van der Waals surface area contributed by atoms with E-state index in [-0.39, 0.29) is 0 Å². The number of nitriles is 1. The van der Waals surface area contributed by atoms with Crippen LogP contribution in [-0.2, 0) is 0 Å². The van der Waals surface area contributed by atoms with E-state index in [9.17, 15) is 0 Å². The fraction of sp³-hybridized carbons (Fsp3) is 0.929. The van der Waals surface area contributed by atoms with Crippen LogP contribution >= 0.6 is 0 Å². The van der Waals surface area contributed by atoms with Crippen LogP contribution in [0.2, 0.25) is 0 Å². The van der Waals surface area contributed by atoms with Crippen molar-refractivity contribution in [3.05, 3.63) is 0 Å². The van der Waals surface area contributed by atoms with Crippen LogP contribution in [0.15, 0.2) is 0 Å². The molecule has 0 bridgehead atoms. The van der Waals surface area contributed by atoms with Crippen LogP contribution < -0.4 is 10.6 Å². The van der Waals surface area contributed by atoms with Crippen molar-refractivity contribution in [2.75, 3.05) is 13.1 Å². The molecule has 2 N–H and O–H groups in total. The van der Waals surface area contributed by atoms with Crippen LogP contribution in [0.4, 0.5) is 0 Å². The summed E-state index contributed by atoms with van der Waals surface area (Å²) in [7, 11) is 0.